The summed E-state index contributed by atoms with van der Waals surface area (Å²) in [7, 11) is 0. The van der Waals surface area contributed by atoms with Crippen LogP contribution >= 0.6 is 11.6 Å². The first-order chi connectivity index (χ1) is 18.5. The number of Topliss-reactive ketones (excluding diaryl/α,β-unsaturated/α-hetero) is 1. The van der Waals surface area contributed by atoms with Gasteiger partial charge < -0.3 is 15.0 Å². The van der Waals surface area contributed by atoms with Gasteiger partial charge >= 0.3 is 5.97 Å². The van der Waals surface area contributed by atoms with E-state index in [9.17, 15) is 14.4 Å². The van der Waals surface area contributed by atoms with Crippen molar-refractivity contribution in [3.63, 3.8) is 0 Å². The summed E-state index contributed by atoms with van der Waals surface area (Å²) in [6, 6.07) is 24.2. The molecule has 4 aromatic rings. The Bertz CT molecular complexity index is 1560. The van der Waals surface area contributed by atoms with Gasteiger partial charge in [-0.1, -0.05) is 78.3 Å². The number of carbonyl (C=O) groups excluding carboxylic acids is 3. The van der Waals surface area contributed by atoms with Gasteiger partial charge in [-0.25, -0.2) is 0 Å². The van der Waals surface area contributed by atoms with Crippen molar-refractivity contribution in [2.75, 3.05) is 0 Å². The van der Waals surface area contributed by atoms with E-state index in [1.807, 2.05) is 80.6 Å². The Balaban J connectivity index is 1.71. The maximum absolute atomic E-state index is 14.2. The maximum Gasteiger partial charge on any atom is 0.319 e. The number of H-pyrrole nitrogens is 1. The zero-order chi connectivity index (χ0) is 27.9. The fraction of sp³-hybridized carbons (Fsp3) is 0.281. The Morgan fingerprint density at radius 1 is 1.05 bits per heavy atom. The molecule has 3 atom stereocenters. The van der Waals surface area contributed by atoms with Crippen molar-refractivity contribution in [1.82, 2.24) is 10.3 Å². The molecule has 0 bridgehead atoms. The lowest BCUT2D eigenvalue weighted by Crippen LogP contribution is -2.44. The van der Waals surface area contributed by atoms with Gasteiger partial charge in [-0.05, 0) is 50.5 Å². The molecule has 3 aromatic carbocycles. The molecular weight excluding hydrogens is 512 g/mol. The summed E-state index contributed by atoms with van der Waals surface area (Å²) in [6.45, 7) is 7.05. The van der Waals surface area contributed by atoms with Crippen molar-refractivity contribution in [3.8, 4) is 0 Å². The molecule has 5 rings (SSSR count). The van der Waals surface area contributed by atoms with Gasteiger partial charge in [0.1, 0.15) is 5.92 Å². The van der Waals surface area contributed by atoms with Gasteiger partial charge in [0.05, 0.1) is 0 Å². The number of hydrogen-bond donors (Lipinski definition) is 2. The lowest BCUT2D eigenvalue weighted by molar-refractivity contribution is -0.152. The van der Waals surface area contributed by atoms with Crippen LogP contribution in [0.2, 0.25) is 5.02 Å². The highest BCUT2D eigenvalue weighted by atomic mass is 35.5. The second-order valence-electron chi connectivity index (χ2n) is 11.0. The van der Waals surface area contributed by atoms with Crippen molar-refractivity contribution < 1.29 is 19.1 Å². The van der Waals surface area contributed by atoms with E-state index in [-0.39, 0.29) is 11.7 Å². The van der Waals surface area contributed by atoms with Crippen molar-refractivity contribution in [3.05, 3.63) is 106 Å². The minimum Gasteiger partial charge on any atom is -0.446 e. The predicted octanol–water partition coefficient (Wildman–Crippen LogP) is 6.07. The number of nitrogens with one attached hydrogen (secondary N) is 2. The van der Waals surface area contributed by atoms with Crippen LogP contribution in [-0.2, 0) is 31.1 Å². The average Bonchev–Trinajstić information content (AvgIpc) is 3.33. The molecule has 7 heteroatoms. The Morgan fingerprint density at radius 3 is 2.33 bits per heavy atom. The van der Waals surface area contributed by atoms with Crippen molar-refractivity contribution in [2.45, 2.75) is 51.2 Å². The Kier molecular flexibility index (Phi) is 6.85. The molecule has 1 aliphatic rings. The number of ether oxygens (including phenoxy) is 1. The molecule has 3 unspecified atom stereocenters. The van der Waals surface area contributed by atoms with E-state index in [2.05, 4.69) is 10.3 Å². The zero-order valence-corrected chi connectivity index (χ0v) is 23.1. The number of hydrogen-bond acceptors (Lipinski definition) is 4. The van der Waals surface area contributed by atoms with Gasteiger partial charge in [0, 0.05) is 45.6 Å². The van der Waals surface area contributed by atoms with Crippen LogP contribution in [0.15, 0.2) is 78.9 Å². The predicted molar refractivity (Wildman–Crippen MR) is 152 cm³/mol. The first kappa shape index (κ1) is 26.7. The summed E-state index contributed by atoms with van der Waals surface area (Å²) in [5, 5.41) is 4.50. The van der Waals surface area contributed by atoms with Gasteiger partial charge in [-0.2, -0.15) is 0 Å². The summed E-state index contributed by atoms with van der Waals surface area (Å²) in [5.74, 6) is -2.73. The fourth-order valence-corrected chi connectivity index (χ4v) is 5.99. The molecule has 1 aliphatic heterocycles. The van der Waals surface area contributed by atoms with Crippen molar-refractivity contribution >= 4 is 40.2 Å². The molecule has 1 fully saturated rings. The fourth-order valence-electron chi connectivity index (χ4n) is 5.82. The van der Waals surface area contributed by atoms with Crippen LogP contribution in [0.1, 0.15) is 56.0 Å². The second-order valence-corrected chi connectivity index (χ2v) is 11.4. The third-order valence-electron chi connectivity index (χ3n) is 7.47. The number of esters is 1. The molecule has 2 heterocycles. The zero-order valence-electron chi connectivity index (χ0n) is 22.4. The van der Waals surface area contributed by atoms with Gasteiger partial charge in [-0.3, -0.25) is 14.4 Å². The van der Waals surface area contributed by atoms with Gasteiger partial charge in [0.2, 0.25) is 5.91 Å². The lowest BCUT2D eigenvalue weighted by atomic mass is 9.75. The minimum absolute atomic E-state index is 0.141. The summed E-state index contributed by atoms with van der Waals surface area (Å²) >= 11 is 6.35. The molecule has 0 radical (unpaired) electrons. The number of carbonyl (C=O) groups is 3. The average molecular weight is 543 g/mol. The van der Waals surface area contributed by atoms with Crippen molar-refractivity contribution in [1.29, 1.82) is 0 Å². The van der Waals surface area contributed by atoms with Crippen LogP contribution in [0.3, 0.4) is 0 Å². The van der Waals surface area contributed by atoms with Crippen LogP contribution in [0.4, 0.5) is 0 Å². The quantitative estimate of drug-likeness (QED) is 0.219. The Morgan fingerprint density at radius 2 is 1.69 bits per heavy atom. The third kappa shape index (κ3) is 4.97. The molecular formula is C32H31ClN2O4. The molecule has 39 heavy (non-hydrogen) atoms. The van der Waals surface area contributed by atoms with E-state index in [1.54, 1.807) is 19.1 Å². The van der Waals surface area contributed by atoms with Crippen molar-refractivity contribution in [2.24, 2.45) is 5.92 Å². The highest BCUT2D eigenvalue weighted by Crippen LogP contribution is 2.46. The van der Waals surface area contributed by atoms with Crippen LogP contribution in [-0.4, -0.2) is 28.2 Å². The molecule has 0 saturated carbocycles. The highest BCUT2D eigenvalue weighted by Gasteiger charge is 2.57. The normalized spacial score (nSPS) is 20.2. The number of ketones is 1. The molecule has 1 amide bonds. The molecule has 0 aliphatic carbocycles. The third-order valence-corrected chi connectivity index (χ3v) is 7.71. The monoisotopic (exact) mass is 542 g/mol. The van der Waals surface area contributed by atoms with E-state index >= 15 is 0 Å². The standard InChI is InChI=1S/C32H31ClN2O4/c1-19(36)35-31(2,3)18-24-23-16-15-22(33)17-25(23)34-28(24)26(20-11-7-5-8-12-20)27-29(37)32(4,39-30(27)38)21-13-9-6-10-14-21/h5-17,26-27,34H,18H2,1-4H3,(H,35,36). The number of amides is 1. The largest absolute Gasteiger partial charge is 0.446 e. The van der Waals surface area contributed by atoms with Gasteiger partial charge in [0.15, 0.2) is 11.4 Å². The Hall–Kier alpha value is -3.90. The number of aromatic amines is 1. The minimum atomic E-state index is -1.40. The molecule has 1 aromatic heterocycles. The number of aromatic nitrogens is 1. The number of rotatable bonds is 7. The number of benzene rings is 3. The summed E-state index contributed by atoms with van der Waals surface area (Å²) in [6.07, 6.45) is 0.457. The number of fused-ring (bicyclic) bond motifs is 1. The molecule has 0 spiro atoms. The molecule has 200 valence electrons. The molecule has 2 N–H and O–H groups in total. The highest BCUT2D eigenvalue weighted by molar-refractivity contribution is 6.31. The van der Waals surface area contributed by atoms with E-state index < -0.39 is 28.9 Å². The van der Waals surface area contributed by atoms with Crippen LogP contribution in [0.25, 0.3) is 10.9 Å². The number of halogens is 1. The van der Waals surface area contributed by atoms with Crippen LogP contribution in [0, 0.1) is 5.92 Å². The van der Waals surface area contributed by atoms with E-state index in [0.29, 0.717) is 17.0 Å². The summed E-state index contributed by atoms with van der Waals surface area (Å²) in [4.78, 5) is 43.3. The van der Waals surface area contributed by atoms with E-state index in [4.69, 9.17) is 16.3 Å². The van der Waals surface area contributed by atoms with Crippen LogP contribution in [0.5, 0.6) is 0 Å². The smallest absolute Gasteiger partial charge is 0.319 e. The van der Waals surface area contributed by atoms with E-state index in [1.165, 1.54) is 6.92 Å². The molecule has 6 nitrogen and oxygen atoms in total. The SMILES string of the molecule is CC(=O)NC(C)(C)Cc1c(C(c2ccccc2)C2C(=O)OC(C)(c3ccccc3)C2=O)[nH]c2cc(Cl)ccc12. The first-order valence-electron chi connectivity index (χ1n) is 13.0. The molecule has 1 saturated heterocycles. The first-order valence-corrected chi connectivity index (χ1v) is 13.3. The summed E-state index contributed by atoms with van der Waals surface area (Å²) in [5.41, 5.74) is 1.86. The Labute approximate surface area is 232 Å². The van der Waals surface area contributed by atoms with E-state index in [0.717, 1.165) is 27.7 Å². The topological polar surface area (TPSA) is 88.3 Å². The van der Waals surface area contributed by atoms with Gasteiger partial charge in [0.25, 0.3) is 0 Å². The lowest BCUT2D eigenvalue weighted by Gasteiger charge is -2.28. The second kappa shape index (κ2) is 10.0. The maximum atomic E-state index is 14.2. The number of cyclic esters (lactones) is 1. The van der Waals surface area contributed by atoms with Gasteiger partial charge in [-0.15, -0.1) is 0 Å². The summed E-state index contributed by atoms with van der Waals surface area (Å²) < 4.78 is 5.89. The van der Waals surface area contributed by atoms with Crippen LogP contribution < -0.4 is 5.32 Å².